The molecule has 1 amide bonds. The number of ether oxygens (including phenoxy) is 1. The Balaban J connectivity index is 1.40. The van der Waals surface area contributed by atoms with Crippen LogP contribution in [0.2, 0.25) is 0 Å². The molecule has 3 aromatic rings. The summed E-state index contributed by atoms with van der Waals surface area (Å²) in [6, 6.07) is 15.8. The standard InChI is InChI=1S/C22H25N3O2/c1-2-27-21-10-6-3-7-18(21)22(26)24-13-11-17(12-14-24)15-25-16-23-19-8-4-5-9-20(19)25/h3-10,16-17H,2,11-15H2,1H3. The molecule has 4 rings (SSSR count). The minimum Gasteiger partial charge on any atom is -0.493 e. The number of imidazole rings is 1. The van der Waals surface area contributed by atoms with E-state index in [-0.39, 0.29) is 5.91 Å². The lowest BCUT2D eigenvalue weighted by Gasteiger charge is -2.32. The highest BCUT2D eigenvalue weighted by Crippen LogP contribution is 2.25. The van der Waals surface area contributed by atoms with E-state index in [1.54, 1.807) is 0 Å². The van der Waals surface area contributed by atoms with Gasteiger partial charge in [0.05, 0.1) is 29.5 Å². The average Bonchev–Trinajstić information content (AvgIpc) is 3.12. The van der Waals surface area contributed by atoms with Crippen molar-refractivity contribution < 1.29 is 9.53 Å². The summed E-state index contributed by atoms with van der Waals surface area (Å²) in [4.78, 5) is 19.4. The highest BCUT2D eigenvalue weighted by Gasteiger charge is 2.25. The summed E-state index contributed by atoms with van der Waals surface area (Å²) in [5, 5.41) is 0. The fraction of sp³-hybridized carbons (Fsp3) is 0.364. The number of rotatable bonds is 5. The first-order valence-electron chi connectivity index (χ1n) is 9.67. The summed E-state index contributed by atoms with van der Waals surface area (Å²) in [5.41, 5.74) is 2.89. The summed E-state index contributed by atoms with van der Waals surface area (Å²) in [7, 11) is 0. The number of para-hydroxylation sites is 3. The first kappa shape index (κ1) is 17.6. The quantitative estimate of drug-likeness (QED) is 0.689. The largest absolute Gasteiger partial charge is 0.493 e. The summed E-state index contributed by atoms with van der Waals surface area (Å²) in [6.45, 7) is 5.03. The highest BCUT2D eigenvalue weighted by atomic mass is 16.5. The third-order valence-electron chi connectivity index (χ3n) is 5.30. The van der Waals surface area contributed by atoms with Gasteiger partial charge in [-0.15, -0.1) is 0 Å². The Morgan fingerprint density at radius 2 is 1.85 bits per heavy atom. The number of hydrogen-bond donors (Lipinski definition) is 0. The fourth-order valence-corrected chi connectivity index (χ4v) is 3.85. The van der Waals surface area contributed by atoms with Crippen LogP contribution < -0.4 is 4.74 Å². The molecular formula is C22H25N3O2. The molecule has 2 heterocycles. The van der Waals surface area contributed by atoms with E-state index in [1.165, 1.54) is 5.52 Å². The molecular weight excluding hydrogens is 338 g/mol. The Labute approximate surface area is 159 Å². The van der Waals surface area contributed by atoms with E-state index in [0.29, 0.717) is 23.8 Å². The second-order valence-corrected chi connectivity index (χ2v) is 7.05. The number of likely N-dealkylation sites (tertiary alicyclic amines) is 1. The number of carbonyl (C=O) groups is 1. The molecule has 0 aliphatic carbocycles. The molecule has 0 bridgehead atoms. The lowest BCUT2D eigenvalue weighted by molar-refractivity contribution is 0.0679. The predicted octanol–water partition coefficient (Wildman–Crippen LogP) is 3.99. The Kier molecular flexibility index (Phi) is 5.10. The van der Waals surface area contributed by atoms with Crippen LogP contribution in [0.25, 0.3) is 11.0 Å². The van der Waals surface area contributed by atoms with Crippen LogP contribution in [-0.2, 0) is 6.54 Å². The van der Waals surface area contributed by atoms with Crippen LogP contribution in [0.5, 0.6) is 5.75 Å². The van der Waals surface area contributed by atoms with Crippen molar-refractivity contribution in [3.8, 4) is 5.75 Å². The number of fused-ring (bicyclic) bond motifs is 1. The van der Waals surface area contributed by atoms with Gasteiger partial charge in [0.25, 0.3) is 5.91 Å². The zero-order valence-electron chi connectivity index (χ0n) is 15.7. The van der Waals surface area contributed by atoms with Gasteiger partial charge in [-0.25, -0.2) is 4.98 Å². The maximum atomic E-state index is 12.9. The Hall–Kier alpha value is -2.82. The number of benzene rings is 2. The molecule has 0 unspecified atom stereocenters. The zero-order chi connectivity index (χ0) is 18.6. The molecule has 2 aromatic carbocycles. The number of amides is 1. The smallest absolute Gasteiger partial charge is 0.257 e. The third kappa shape index (κ3) is 3.68. The van der Waals surface area contributed by atoms with Gasteiger partial charge in [0.15, 0.2) is 0 Å². The van der Waals surface area contributed by atoms with Gasteiger partial charge in [-0.3, -0.25) is 4.79 Å². The molecule has 1 aromatic heterocycles. The van der Waals surface area contributed by atoms with E-state index in [9.17, 15) is 4.79 Å². The number of piperidine rings is 1. The average molecular weight is 363 g/mol. The molecule has 140 valence electrons. The van der Waals surface area contributed by atoms with Gasteiger partial charge < -0.3 is 14.2 Å². The molecule has 0 radical (unpaired) electrons. The summed E-state index contributed by atoms with van der Waals surface area (Å²) in [6.07, 6.45) is 3.95. The first-order valence-corrected chi connectivity index (χ1v) is 9.67. The van der Waals surface area contributed by atoms with Crippen molar-refractivity contribution in [3.63, 3.8) is 0 Å². The van der Waals surface area contributed by atoms with Crippen LogP contribution in [0.4, 0.5) is 0 Å². The van der Waals surface area contributed by atoms with Gasteiger partial charge in [-0.2, -0.15) is 0 Å². The summed E-state index contributed by atoms with van der Waals surface area (Å²) in [5.74, 6) is 1.32. The second kappa shape index (κ2) is 7.82. The number of hydrogen-bond acceptors (Lipinski definition) is 3. The first-order chi connectivity index (χ1) is 13.3. The minimum atomic E-state index is 0.0746. The second-order valence-electron chi connectivity index (χ2n) is 7.05. The predicted molar refractivity (Wildman–Crippen MR) is 106 cm³/mol. The Bertz CT molecular complexity index is 926. The van der Waals surface area contributed by atoms with Crippen molar-refractivity contribution in [1.29, 1.82) is 0 Å². The SMILES string of the molecule is CCOc1ccccc1C(=O)N1CCC(Cn2cnc3ccccc32)CC1. The monoisotopic (exact) mass is 363 g/mol. The molecule has 0 spiro atoms. The fourth-order valence-electron chi connectivity index (χ4n) is 3.85. The molecule has 1 fully saturated rings. The maximum absolute atomic E-state index is 12.9. The van der Waals surface area contributed by atoms with Gasteiger partial charge in [-0.05, 0) is 49.9 Å². The number of aromatic nitrogens is 2. The highest BCUT2D eigenvalue weighted by molar-refractivity contribution is 5.97. The summed E-state index contributed by atoms with van der Waals surface area (Å²) >= 11 is 0. The van der Waals surface area contributed by atoms with E-state index >= 15 is 0 Å². The lowest BCUT2D eigenvalue weighted by atomic mass is 9.96. The van der Waals surface area contributed by atoms with Gasteiger partial charge in [0.2, 0.25) is 0 Å². The van der Waals surface area contributed by atoms with Crippen LogP contribution in [0.15, 0.2) is 54.9 Å². The topological polar surface area (TPSA) is 47.4 Å². The van der Waals surface area contributed by atoms with Gasteiger partial charge in [0.1, 0.15) is 5.75 Å². The van der Waals surface area contributed by atoms with Crippen LogP contribution in [0.1, 0.15) is 30.1 Å². The molecule has 5 nitrogen and oxygen atoms in total. The normalized spacial score (nSPS) is 15.2. The summed E-state index contributed by atoms with van der Waals surface area (Å²) < 4.78 is 7.86. The third-order valence-corrected chi connectivity index (χ3v) is 5.30. The van der Waals surface area contributed by atoms with E-state index in [0.717, 1.165) is 38.0 Å². The zero-order valence-corrected chi connectivity index (χ0v) is 15.7. The molecule has 27 heavy (non-hydrogen) atoms. The van der Waals surface area contributed by atoms with Crippen LogP contribution >= 0.6 is 0 Å². The van der Waals surface area contributed by atoms with Gasteiger partial charge >= 0.3 is 0 Å². The molecule has 1 saturated heterocycles. The van der Waals surface area contributed by atoms with Crippen molar-refractivity contribution in [2.24, 2.45) is 5.92 Å². The molecule has 1 aliphatic rings. The Morgan fingerprint density at radius 3 is 2.67 bits per heavy atom. The van der Waals surface area contributed by atoms with E-state index in [4.69, 9.17) is 4.74 Å². The van der Waals surface area contributed by atoms with Gasteiger partial charge in [-0.1, -0.05) is 24.3 Å². The van der Waals surface area contributed by atoms with Crippen LogP contribution in [0.3, 0.4) is 0 Å². The number of nitrogens with zero attached hydrogens (tertiary/aromatic N) is 3. The van der Waals surface area contributed by atoms with Crippen molar-refractivity contribution in [2.75, 3.05) is 19.7 Å². The van der Waals surface area contributed by atoms with Crippen LogP contribution in [0, 0.1) is 5.92 Å². The molecule has 0 N–H and O–H groups in total. The molecule has 5 heteroatoms. The molecule has 1 aliphatic heterocycles. The van der Waals surface area contributed by atoms with Crippen molar-refractivity contribution in [2.45, 2.75) is 26.3 Å². The number of carbonyl (C=O) groups excluding carboxylic acids is 1. The van der Waals surface area contributed by atoms with E-state index in [2.05, 4.69) is 21.7 Å². The van der Waals surface area contributed by atoms with Crippen molar-refractivity contribution in [3.05, 3.63) is 60.4 Å². The molecule has 0 atom stereocenters. The minimum absolute atomic E-state index is 0.0746. The van der Waals surface area contributed by atoms with Crippen molar-refractivity contribution >= 4 is 16.9 Å². The van der Waals surface area contributed by atoms with Crippen molar-refractivity contribution in [1.82, 2.24) is 14.5 Å². The van der Waals surface area contributed by atoms with Crippen LogP contribution in [-0.4, -0.2) is 40.1 Å². The van der Waals surface area contributed by atoms with Gasteiger partial charge in [0, 0.05) is 19.6 Å². The Morgan fingerprint density at radius 1 is 1.11 bits per heavy atom. The van der Waals surface area contributed by atoms with E-state index in [1.807, 2.05) is 54.5 Å². The molecule has 0 saturated carbocycles. The van der Waals surface area contributed by atoms with E-state index < -0.39 is 0 Å². The maximum Gasteiger partial charge on any atom is 0.257 e. The lowest BCUT2D eigenvalue weighted by Crippen LogP contribution is -2.39.